The molecule has 0 radical (unpaired) electrons. The van der Waals surface area contributed by atoms with Crippen molar-refractivity contribution in [2.75, 3.05) is 5.32 Å². The second kappa shape index (κ2) is 6.39. The zero-order valence-electron chi connectivity index (χ0n) is 11.9. The molecule has 3 rings (SSSR count). The minimum atomic E-state index is -0.0341. The number of nitrogens with zero attached hydrogens (tertiary/aromatic N) is 1. The van der Waals surface area contributed by atoms with Gasteiger partial charge in [0, 0.05) is 24.1 Å². The maximum atomic E-state index is 11.8. The molecule has 4 heteroatoms. The van der Waals surface area contributed by atoms with E-state index < -0.39 is 0 Å². The number of carbonyl (C=O) groups is 1. The number of nitrogens with one attached hydrogen (secondary N) is 2. The molecular formula is C17H19N3O. The fraction of sp³-hybridized carbons (Fsp3) is 0.294. The minimum absolute atomic E-state index is 0.0341. The van der Waals surface area contributed by atoms with Crippen molar-refractivity contribution in [2.45, 2.75) is 31.6 Å². The van der Waals surface area contributed by atoms with Crippen molar-refractivity contribution in [1.82, 2.24) is 10.2 Å². The maximum absolute atomic E-state index is 11.8. The number of hydrogen-bond donors (Lipinski definition) is 2. The van der Waals surface area contributed by atoms with Gasteiger partial charge in [0.25, 0.3) is 0 Å². The SMILES string of the molecule is O=C(C/C=C/Cc1ccccc1)Nc1cc(C2CC2)[nH]n1. The number of hydrogen-bond acceptors (Lipinski definition) is 2. The zero-order chi connectivity index (χ0) is 14.5. The van der Waals surface area contributed by atoms with Gasteiger partial charge in [0.15, 0.2) is 5.82 Å². The first kappa shape index (κ1) is 13.6. The van der Waals surface area contributed by atoms with Gasteiger partial charge in [0.1, 0.15) is 0 Å². The van der Waals surface area contributed by atoms with E-state index in [0.29, 0.717) is 18.2 Å². The van der Waals surface area contributed by atoms with Gasteiger partial charge in [-0.1, -0.05) is 42.5 Å². The van der Waals surface area contributed by atoms with E-state index in [1.165, 1.54) is 18.4 Å². The van der Waals surface area contributed by atoms with Crippen LogP contribution in [0.2, 0.25) is 0 Å². The lowest BCUT2D eigenvalue weighted by atomic mass is 10.1. The Bertz CT molecular complexity index is 626. The normalized spacial score (nSPS) is 14.5. The van der Waals surface area contributed by atoms with Crippen molar-refractivity contribution in [3.63, 3.8) is 0 Å². The highest BCUT2D eigenvalue weighted by Gasteiger charge is 2.25. The van der Waals surface area contributed by atoms with Gasteiger partial charge in [-0.25, -0.2) is 0 Å². The number of benzene rings is 1. The highest BCUT2D eigenvalue weighted by molar-refractivity contribution is 5.90. The van der Waals surface area contributed by atoms with Gasteiger partial charge in [-0.2, -0.15) is 5.10 Å². The molecular weight excluding hydrogens is 262 g/mol. The van der Waals surface area contributed by atoms with E-state index in [9.17, 15) is 4.79 Å². The number of anilines is 1. The number of aromatic amines is 1. The van der Waals surface area contributed by atoms with Gasteiger partial charge in [0.2, 0.25) is 5.91 Å². The third-order valence-electron chi connectivity index (χ3n) is 3.55. The molecule has 1 saturated carbocycles. The molecule has 1 amide bonds. The Morgan fingerprint density at radius 2 is 2.10 bits per heavy atom. The monoisotopic (exact) mass is 281 g/mol. The van der Waals surface area contributed by atoms with Crippen LogP contribution < -0.4 is 5.32 Å². The molecule has 1 aromatic carbocycles. The van der Waals surface area contributed by atoms with Gasteiger partial charge in [-0.3, -0.25) is 9.89 Å². The van der Waals surface area contributed by atoms with Crippen LogP contribution >= 0.6 is 0 Å². The van der Waals surface area contributed by atoms with Gasteiger partial charge in [0.05, 0.1) is 0 Å². The topological polar surface area (TPSA) is 57.8 Å². The molecule has 4 nitrogen and oxygen atoms in total. The summed E-state index contributed by atoms with van der Waals surface area (Å²) in [4.78, 5) is 11.8. The van der Waals surface area contributed by atoms with Crippen molar-refractivity contribution in [3.05, 3.63) is 59.8 Å². The molecule has 0 spiro atoms. The highest BCUT2D eigenvalue weighted by atomic mass is 16.1. The lowest BCUT2D eigenvalue weighted by molar-refractivity contribution is -0.115. The Hall–Kier alpha value is -2.36. The molecule has 2 aromatic rings. The average Bonchev–Trinajstić information content (AvgIpc) is 3.25. The predicted octanol–water partition coefficient (Wildman–Crippen LogP) is 3.41. The van der Waals surface area contributed by atoms with E-state index in [2.05, 4.69) is 27.6 Å². The third kappa shape index (κ3) is 4.05. The molecule has 1 fully saturated rings. The van der Waals surface area contributed by atoms with Crippen LogP contribution in [-0.4, -0.2) is 16.1 Å². The summed E-state index contributed by atoms with van der Waals surface area (Å²) in [5.41, 5.74) is 2.38. The summed E-state index contributed by atoms with van der Waals surface area (Å²) < 4.78 is 0. The maximum Gasteiger partial charge on any atom is 0.229 e. The molecule has 1 heterocycles. The van der Waals surface area contributed by atoms with Crippen LogP contribution in [0.5, 0.6) is 0 Å². The van der Waals surface area contributed by atoms with Crippen LogP contribution in [0, 0.1) is 0 Å². The Morgan fingerprint density at radius 1 is 1.29 bits per heavy atom. The van der Waals surface area contributed by atoms with Gasteiger partial charge in [-0.05, 0) is 24.8 Å². The number of H-pyrrole nitrogens is 1. The first-order valence-corrected chi connectivity index (χ1v) is 7.35. The second-order valence-corrected chi connectivity index (χ2v) is 5.40. The summed E-state index contributed by atoms with van der Waals surface area (Å²) in [6, 6.07) is 12.1. The molecule has 0 unspecified atom stereocenters. The van der Waals surface area contributed by atoms with E-state index in [1.54, 1.807) is 0 Å². The van der Waals surface area contributed by atoms with E-state index in [4.69, 9.17) is 0 Å². The van der Waals surface area contributed by atoms with Crippen LogP contribution in [0.4, 0.5) is 5.82 Å². The fourth-order valence-electron chi connectivity index (χ4n) is 2.22. The van der Waals surface area contributed by atoms with Crippen LogP contribution in [0.25, 0.3) is 0 Å². The van der Waals surface area contributed by atoms with E-state index in [0.717, 1.165) is 12.1 Å². The predicted molar refractivity (Wildman–Crippen MR) is 83.1 cm³/mol. The molecule has 0 aliphatic heterocycles. The van der Waals surface area contributed by atoms with E-state index in [1.807, 2.05) is 36.4 Å². The summed E-state index contributed by atoms with van der Waals surface area (Å²) in [7, 11) is 0. The number of carbonyl (C=O) groups excluding carboxylic acids is 1. The Kier molecular flexibility index (Phi) is 4.15. The Labute approximate surface area is 124 Å². The van der Waals surface area contributed by atoms with Crippen molar-refractivity contribution < 1.29 is 4.79 Å². The van der Waals surface area contributed by atoms with Crippen LogP contribution in [0.1, 0.15) is 36.4 Å². The number of amides is 1. The molecule has 0 atom stereocenters. The lowest BCUT2D eigenvalue weighted by Gasteiger charge is -1.98. The molecule has 21 heavy (non-hydrogen) atoms. The molecule has 1 aromatic heterocycles. The summed E-state index contributed by atoms with van der Waals surface area (Å²) in [5.74, 6) is 1.21. The van der Waals surface area contributed by atoms with Crippen molar-refractivity contribution in [1.29, 1.82) is 0 Å². The lowest BCUT2D eigenvalue weighted by Crippen LogP contribution is -2.10. The fourth-order valence-corrected chi connectivity index (χ4v) is 2.22. The van der Waals surface area contributed by atoms with Crippen molar-refractivity contribution in [2.24, 2.45) is 0 Å². The first-order chi connectivity index (χ1) is 10.3. The molecule has 0 bridgehead atoms. The molecule has 0 saturated heterocycles. The summed E-state index contributed by atoms with van der Waals surface area (Å²) in [6.45, 7) is 0. The number of aromatic nitrogens is 2. The molecule has 1 aliphatic carbocycles. The Balaban J connectivity index is 1.43. The van der Waals surface area contributed by atoms with Crippen molar-refractivity contribution >= 4 is 11.7 Å². The van der Waals surface area contributed by atoms with Gasteiger partial charge >= 0.3 is 0 Å². The second-order valence-electron chi connectivity index (χ2n) is 5.40. The Morgan fingerprint density at radius 3 is 2.86 bits per heavy atom. The van der Waals surface area contributed by atoms with E-state index in [-0.39, 0.29) is 5.91 Å². The summed E-state index contributed by atoms with van der Waals surface area (Å²) in [5, 5.41) is 9.90. The summed E-state index contributed by atoms with van der Waals surface area (Å²) in [6.07, 6.45) is 7.59. The molecule has 2 N–H and O–H groups in total. The molecule has 1 aliphatic rings. The van der Waals surface area contributed by atoms with Crippen molar-refractivity contribution in [3.8, 4) is 0 Å². The van der Waals surface area contributed by atoms with Crippen LogP contribution in [0.3, 0.4) is 0 Å². The average molecular weight is 281 g/mol. The van der Waals surface area contributed by atoms with Gasteiger partial charge in [-0.15, -0.1) is 0 Å². The quantitative estimate of drug-likeness (QED) is 0.797. The smallest absolute Gasteiger partial charge is 0.229 e. The zero-order valence-corrected chi connectivity index (χ0v) is 11.9. The van der Waals surface area contributed by atoms with Crippen LogP contribution in [0.15, 0.2) is 48.6 Å². The standard InChI is InChI=1S/C17H19N3O/c21-17(9-5-4-8-13-6-2-1-3-7-13)18-16-12-15(19-20-16)14-10-11-14/h1-7,12,14H,8-11H2,(H2,18,19,20,21)/b5-4+. The first-order valence-electron chi connectivity index (χ1n) is 7.35. The third-order valence-corrected chi connectivity index (χ3v) is 3.55. The van der Waals surface area contributed by atoms with Crippen LogP contribution in [-0.2, 0) is 11.2 Å². The number of rotatable bonds is 6. The van der Waals surface area contributed by atoms with E-state index >= 15 is 0 Å². The van der Waals surface area contributed by atoms with Gasteiger partial charge < -0.3 is 5.32 Å². The number of allylic oxidation sites excluding steroid dienone is 1. The molecule has 108 valence electrons. The highest BCUT2D eigenvalue weighted by Crippen LogP contribution is 2.39. The summed E-state index contributed by atoms with van der Waals surface area (Å²) >= 11 is 0. The minimum Gasteiger partial charge on any atom is -0.309 e. The largest absolute Gasteiger partial charge is 0.309 e.